The van der Waals surface area contributed by atoms with Crippen LogP contribution in [-0.4, -0.2) is 44.2 Å². The van der Waals surface area contributed by atoms with Crippen LogP contribution in [0, 0.1) is 6.92 Å². The van der Waals surface area contributed by atoms with Gasteiger partial charge in [-0.05, 0) is 57.7 Å². The van der Waals surface area contributed by atoms with Crippen LogP contribution >= 0.6 is 11.6 Å². The van der Waals surface area contributed by atoms with E-state index in [1.165, 1.54) is 0 Å². The molecular weight excluding hydrogens is 356 g/mol. The van der Waals surface area contributed by atoms with Crippen molar-refractivity contribution in [3.05, 3.63) is 33.5 Å². The zero-order valence-electron chi connectivity index (χ0n) is 15.5. The van der Waals surface area contributed by atoms with Crippen molar-refractivity contribution in [2.45, 2.75) is 52.2 Å². The third-order valence-electron chi connectivity index (χ3n) is 4.38. The van der Waals surface area contributed by atoms with E-state index in [2.05, 4.69) is 9.97 Å². The number of piperidine rings is 1. The highest BCUT2D eigenvalue weighted by molar-refractivity contribution is 6.28. The van der Waals surface area contributed by atoms with E-state index in [1.807, 2.05) is 27.7 Å². The topological polar surface area (TPSA) is 77.3 Å². The summed E-state index contributed by atoms with van der Waals surface area (Å²) in [5.41, 5.74) is 0.600. The van der Waals surface area contributed by atoms with Gasteiger partial charge in [-0.2, -0.15) is 4.98 Å². The minimum Gasteiger partial charge on any atom is -0.444 e. The summed E-state index contributed by atoms with van der Waals surface area (Å²) in [7, 11) is 0. The summed E-state index contributed by atoms with van der Waals surface area (Å²) in [5.74, 6) is 0. The predicted molar refractivity (Wildman–Crippen MR) is 99.6 cm³/mol. The van der Waals surface area contributed by atoms with E-state index in [0.717, 1.165) is 23.8 Å². The summed E-state index contributed by atoms with van der Waals surface area (Å²) < 4.78 is 7.10. The number of carbonyl (C=O) groups excluding carboxylic acids is 1. The third-order valence-corrected chi connectivity index (χ3v) is 4.57. The highest BCUT2D eigenvalue weighted by atomic mass is 35.5. The van der Waals surface area contributed by atoms with Crippen molar-refractivity contribution in [2.75, 3.05) is 13.1 Å². The second kappa shape index (κ2) is 6.87. The average Bonchev–Trinajstić information content (AvgIpc) is 2.53. The maximum absolute atomic E-state index is 12.7. The molecule has 1 aliphatic rings. The lowest BCUT2D eigenvalue weighted by atomic mass is 10.0. The van der Waals surface area contributed by atoms with Crippen molar-refractivity contribution >= 4 is 28.7 Å². The number of likely N-dealkylation sites (tertiary alicyclic amines) is 1. The number of hydrogen-bond acceptors (Lipinski definition) is 5. The molecule has 3 rings (SSSR count). The normalized spacial score (nSPS) is 18.2. The van der Waals surface area contributed by atoms with Crippen LogP contribution in [0.3, 0.4) is 0 Å². The number of fused-ring (bicyclic) bond motifs is 1. The molecule has 8 heteroatoms. The molecular formula is C18H23ClN4O3. The number of ether oxygens (including phenoxy) is 1. The van der Waals surface area contributed by atoms with Gasteiger partial charge in [-0.1, -0.05) is 0 Å². The van der Waals surface area contributed by atoms with Gasteiger partial charge >= 0.3 is 6.09 Å². The molecule has 1 atom stereocenters. The fourth-order valence-electron chi connectivity index (χ4n) is 3.26. The molecule has 0 saturated carbocycles. The molecule has 1 aliphatic heterocycles. The Hall–Kier alpha value is -2.15. The number of amides is 1. The first-order chi connectivity index (χ1) is 12.2. The Balaban J connectivity index is 1.97. The number of nitrogens with zero attached hydrogens (tertiary/aromatic N) is 4. The molecule has 0 bridgehead atoms. The van der Waals surface area contributed by atoms with Gasteiger partial charge in [0.1, 0.15) is 11.2 Å². The Labute approximate surface area is 156 Å². The van der Waals surface area contributed by atoms with Crippen LogP contribution in [0.2, 0.25) is 5.28 Å². The lowest BCUT2D eigenvalue weighted by Gasteiger charge is -2.35. The van der Waals surface area contributed by atoms with Gasteiger partial charge in [-0.25, -0.2) is 9.78 Å². The first kappa shape index (κ1) is 18.6. The van der Waals surface area contributed by atoms with Crippen LogP contribution in [0.4, 0.5) is 4.79 Å². The summed E-state index contributed by atoms with van der Waals surface area (Å²) in [5, 5.41) is 0.874. The van der Waals surface area contributed by atoms with E-state index in [-0.39, 0.29) is 23.0 Å². The van der Waals surface area contributed by atoms with Gasteiger partial charge in [0.05, 0.1) is 6.04 Å². The first-order valence-electron chi connectivity index (χ1n) is 8.68. The van der Waals surface area contributed by atoms with Gasteiger partial charge in [-0.15, -0.1) is 0 Å². The molecule has 26 heavy (non-hydrogen) atoms. The zero-order valence-corrected chi connectivity index (χ0v) is 16.2. The van der Waals surface area contributed by atoms with Gasteiger partial charge in [0.15, 0.2) is 0 Å². The van der Waals surface area contributed by atoms with E-state index < -0.39 is 5.60 Å². The molecule has 1 amide bonds. The molecule has 0 spiro atoms. The van der Waals surface area contributed by atoms with Crippen molar-refractivity contribution in [2.24, 2.45) is 0 Å². The molecule has 2 aromatic heterocycles. The highest BCUT2D eigenvalue weighted by Gasteiger charge is 2.30. The Kier molecular flexibility index (Phi) is 4.92. The van der Waals surface area contributed by atoms with Crippen molar-refractivity contribution < 1.29 is 9.53 Å². The quantitative estimate of drug-likeness (QED) is 0.711. The fourth-order valence-corrected chi connectivity index (χ4v) is 3.39. The predicted octanol–water partition coefficient (Wildman–Crippen LogP) is 3.33. The minimum atomic E-state index is -0.557. The third kappa shape index (κ3) is 3.82. The average molecular weight is 379 g/mol. The standard InChI is InChI=1S/C18H23ClN4O3/c1-11-8-14(24)23(15-13(11)9-20-16(19)21-15)12-6-5-7-22(10-12)17(25)26-18(2,3)4/h8-9,12H,5-7,10H2,1-4H3. The summed E-state index contributed by atoms with van der Waals surface area (Å²) in [6.07, 6.45) is 2.83. The van der Waals surface area contributed by atoms with Gasteiger partial charge in [-0.3, -0.25) is 9.36 Å². The molecule has 140 valence electrons. The Morgan fingerprint density at radius 1 is 1.38 bits per heavy atom. The van der Waals surface area contributed by atoms with Crippen LogP contribution in [0.1, 0.15) is 45.2 Å². The van der Waals surface area contributed by atoms with Gasteiger partial charge in [0.25, 0.3) is 5.56 Å². The smallest absolute Gasteiger partial charge is 0.410 e. The molecule has 1 saturated heterocycles. The molecule has 0 radical (unpaired) electrons. The monoisotopic (exact) mass is 378 g/mol. The number of pyridine rings is 1. The van der Waals surface area contributed by atoms with Crippen LogP contribution < -0.4 is 5.56 Å². The van der Waals surface area contributed by atoms with Crippen molar-refractivity contribution in [3.63, 3.8) is 0 Å². The van der Waals surface area contributed by atoms with Crippen LogP contribution in [-0.2, 0) is 4.74 Å². The zero-order chi connectivity index (χ0) is 19.1. The molecule has 2 aromatic rings. The Bertz CT molecular complexity index is 904. The van der Waals surface area contributed by atoms with Crippen LogP contribution in [0.5, 0.6) is 0 Å². The fraction of sp³-hybridized carbons (Fsp3) is 0.556. The number of rotatable bonds is 1. The Morgan fingerprint density at radius 3 is 2.81 bits per heavy atom. The maximum atomic E-state index is 12.7. The molecule has 0 aliphatic carbocycles. The summed E-state index contributed by atoms with van der Waals surface area (Å²) in [6, 6.07) is 1.39. The van der Waals surface area contributed by atoms with E-state index >= 15 is 0 Å². The largest absolute Gasteiger partial charge is 0.444 e. The number of aromatic nitrogens is 3. The maximum Gasteiger partial charge on any atom is 0.410 e. The van der Waals surface area contributed by atoms with Crippen molar-refractivity contribution in [3.8, 4) is 0 Å². The van der Waals surface area contributed by atoms with Crippen LogP contribution in [0.25, 0.3) is 11.0 Å². The number of halogens is 1. The highest BCUT2D eigenvalue weighted by Crippen LogP contribution is 2.26. The number of hydrogen-bond donors (Lipinski definition) is 0. The number of aryl methyl sites for hydroxylation is 1. The summed E-state index contributed by atoms with van der Waals surface area (Å²) >= 11 is 5.96. The number of carbonyl (C=O) groups is 1. The summed E-state index contributed by atoms with van der Waals surface area (Å²) in [4.78, 5) is 35.1. The lowest BCUT2D eigenvalue weighted by molar-refractivity contribution is 0.0173. The van der Waals surface area contributed by atoms with Crippen LogP contribution in [0.15, 0.2) is 17.1 Å². The Morgan fingerprint density at radius 2 is 2.12 bits per heavy atom. The molecule has 3 heterocycles. The second-order valence-electron chi connectivity index (χ2n) is 7.63. The lowest BCUT2D eigenvalue weighted by Crippen LogP contribution is -2.45. The van der Waals surface area contributed by atoms with E-state index in [1.54, 1.807) is 21.7 Å². The second-order valence-corrected chi connectivity index (χ2v) is 7.97. The van der Waals surface area contributed by atoms with Gasteiger partial charge < -0.3 is 9.64 Å². The van der Waals surface area contributed by atoms with E-state index in [4.69, 9.17) is 16.3 Å². The van der Waals surface area contributed by atoms with Crippen molar-refractivity contribution in [1.29, 1.82) is 0 Å². The van der Waals surface area contributed by atoms with Gasteiger partial charge in [0, 0.05) is 30.7 Å². The minimum absolute atomic E-state index is 0.0936. The van der Waals surface area contributed by atoms with E-state index in [9.17, 15) is 9.59 Å². The molecule has 0 N–H and O–H groups in total. The summed E-state index contributed by atoms with van der Waals surface area (Å²) in [6.45, 7) is 8.36. The SMILES string of the molecule is Cc1cc(=O)n(C2CCCN(C(=O)OC(C)(C)C)C2)c2nc(Cl)ncc12. The molecule has 0 aromatic carbocycles. The first-order valence-corrected chi connectivity index (χ1v) is 9.06. The van der Waals surface area contributed by atoms with E-state index in [0.29, 0.717) is 18.7 Å². The van der Waals surface area contributed by atoms with Crippen molar-refractivity contribution in [1.82, 2.24) is 19.4 Å². The van der Waals surface area contributed by atoms with Gasteiger partial charge in [0.2, 0.25) is 5.28 Å². The molecule has 1 unspecified atom stereocenters. The molecule has 7 nitrogen and oxygen atoms in total. The molecule has 1 fully saturated rings.